The van der Waals surface area contributed by atoms with Gasteiger partial charge in [-0.2, -0.15) is 4.98 Å². The summed E-state index contributed by atoms with van der Waals surface area (Å²) in [5.41, 5.74) is 5.58. The molecule has 1 aromatic rings. The Morgan fingerprint density at radius 3 is 2.79 bits per heavy atom. The van der Waals surface area contributed by atoms with E-state index >= 15 is 0 Å². The predicted octanol–water partition coefficient (Wildman–Crippen LogP) is 1.98. The van der Waals surface area contributed by atoms with E-state index in [1.165, 1.54) is 0 Å². The molecule has 6 nitrogen and oxygen atoms in total. The summed E-state index contributed by atoms with van der Waals surface area (Å²) in [6.45, 7) is 7.35. The van der Waals surface area contributed by atoms with Crippen molar-refractivity contribution in [2.24, 2.45) is 11.7 Å². The molecule has 1 aliphatic heterocycles. The summed E-state index contributed by atoms with van der Waals surface area (Å²) in [5, 5.41) is 3.97. The molecule has 0 radical (unpaired) electrons. The van der Waals surface area contributed by atoms with E-state index in [4.69, 9.17) is 19.7 Å². The molecule has 2 rings (SSSR count). The highest BCUT2D eigenvalue weighted by atomic mass is 16.5. The van der Waals surface area contributed by atoms with Crippen molar-refractivity contribution in [1.29, 1.82) is 0 Å². The molecular formula is C13H23N3O3. The normalized spacial score (nSPS) is 25.1. The Morgan fingerprint density at radius 1 is 1.37 bits per heavy atom. The van der Waals surface area contributed by atoms with Crippen molar-refractivity contribution in [3.63, 3.8) is 0 Å². The SMILES string of the molecule is CC(C)CO[C@H](C)c1noc([C@H]2CC[C@H](CN)O2)n1. The largest absolute Gasteiger partial charge is 0.370 e. The van der Waals surface area contributed by atoms with Gasteiger partial charge in [0.05, 0.1) is 6.10 Å². The van der Waals surface area contributed by atoms with Crippen molar-refractivity contribution in [2.75, 3.05) is 13.2 Å². The number of rotatable bonds is 6. The molecule has 0 unspecified atom stereocenters. The van der Waals surface area contributed by atoms with Crippen LogP contribution in [0.3, 0.4) is 0 Å². The highest BCUT2D eigenvalue weighted by molar-refractivity contribution is 4.95. The lowest BCUT2D eigenvalue weighted by atomic mass is 10.2. The highest BCUT2D eigenvalue weighted by Gasteiger charge is 2.30. The third kappa shape index (κ3) is 3.75. The average Bonchev–Trinajstić information content (AvgIpc) is 3.03. The quantitative estimate of drug-likeness (QED) is 0.850. The third-order valence-corrected chi connectivity index (χ3v) is 3.15. The fraction of sp³-hybridized carbons (Fsp3) is 0.846. The summed E-state index contributed by atoms with van der Waals surface area (Å²) in [6, 6.07) is 0. The van der Waals surface area contributed by atoms with Gasteiger partial charge < -0.3 is 19.7 Å². The van der Waals surface area contributed by atoms with Gasteiger partial charge in [0.15, 0.2) is 5.82 Å². The van der Waals surface area contributed by atoms with Crippen molar-refractivity contribution in [3.8, 4) is 0 Å². The first kappa shape index (κ1) is 14.4. The van der Waals surface area contributed by atoms with Gasteiger partial charge in [0.25, 0.3) is 5.89 Å². The Kier molecular flexibility index (Phi) is 4.90. The lowest BCUT2D eigenvalue weighted by Crippen LogP contribution is -2.18. The fourth-order valence-electron chi connectivity index (χ4n) is 2.02. The lowest BCUT2D eigenvalue weighted by molar-refractivity contribution is 0.0306. The monoisotopic (exact) mass is 269 g/mol. The molecule has 19 heavy (non-hydrogen) atoms. The second kappa shape index (κ2) is 6.45. The fourth-order valence-corrected chi connectivity index (χ4v) is 2.02. The standard InChI is InChI=1S/C13H23N3O3/c1-8(2)7-17-9(3)12-15-13(19-16-12)11-5-4-10(6-14)18-11/h8-11H,4-7,14H2,1-3H3/t9-,10-,11-/m1/s1. The number of hydrogen-bond acceptors (Lipinski definition) is 6. The zero-order chi connectivity index (χ0) is 13.8. The highest BCUT2D eigenvalue weighted by Crippen LogP contribution is 2.31. The summed E-state index contributed by atoms with van der Waals surface area (Å²) in [6.07, 6.45) is 1.65. The number of ether oxygens (including phenoxy) is 2. The van der Waals surface area contributed by atoms with Crippen molar-refractivity contribution in [1.82, 2.24) is 10.1 Å². The summed E-state index contributed by atoms with van der Waals surface area (Å²) in [7, 11) is 0. The molecular weight excluding hydrogens is 246 g/mol. The van der Waals surface area contributed by atoms with Crippen LogP contribution in [0.5, 0.6) is 0 Å². The van der Waals surface area contributed by atoms with Gasteiger partial charge in [0, 0.05) is 13.2 Å². The molecule has 0 aliphatic carbocycles. The molecule has 1 saturated heterocycles. The van der Waals surface area contributed by atoms with E-state index < -0.39 is 0 Å². The first-order valence-electron chi connectivity index (χ1n) is 6.90. The Labute approximate surface area is 113 Å². The molecule has 1 aromatic heterocycles. The van der Waals surface area contributed by atoms with Gasteiger partial charge in [-0.15, -0.1) is 0 Å². The minimum Gasteiger partial charge on any atom is -0.370 e. The van der Waals surface area contributed by atoms with E-state index in [0.29, 0.717) is 30.8 Å². The first-order chi connectivity index (χ1) is 9.10. The smallest absolute Gasteiger partial charge is 0.255 e. The molecule has 6 heteroatoms. The first-order valence-corrected chi connectivity index (χ1v) is 6.90. The van der Waals surface area contributed by atoms with E-state index in [0.717, 1.165) is 12.8 Å². The Bertz CT molecular complexity index is 394. The van der Waals surface area contributed by atoms with Gasteiger partial charge in [0.2, 0.25) is 0 Å². The van der Waals surface area contributed by atoms with Gasteiger partial charge in [0.1, 0.15) is 12.2 Å². The lowest BCUT2D eigenvalue weighted by Gasteiger charge is -2.11. The summed E-state index contributed by atoms with van der Waals surface area (Å²) in [5.74, 6) is 1.60. The van der Waals surface area contributed by atoms with Crippen LogP contribution >= 0.6 is 0 Å². The molecule has 3 atom stereocenters. The Hall–Kier alpha value is -0.980. The van der Waals surface area contributed by atoms with E-state index in [9.17, 15) is 0 Å². The maximum absolute atomic E-state index is 5.73. The zero-order valence-corrected chi connectivity index (χ0v) is 11.8. The van der Waals surface area contributed by atoms with E-state index in [-0.39, 0.29) is 18.3 Å². The maximum atomic E-state index is 5.73. The van der Waals surface area contributed by atoms with Crippen LogP contribution in [0.1, 0.15) is 57.5 Å². The van der Waals surface area contributed by atoms with E-state index in [2.05, 4.69) is 24.0 Å². The topological polar surface area (TPSA) is 83.4 Å². The summed E-state index contributed by atoms with van der Waals surface area (Å²) >= 11 is 0. The van der Waals surface area contributed by atoms with Crippen LogP contribution in [0.2, 0.25) is 0 Å². The Morgan fingerprint density at radius 2 is 2.16 bits per heavy atom. The molecule has 2 N–H and O–H groups in total. The molecule has 1 fully saturated rings. The number of nitrogens with zero attached hydrogens (tertiary/aromatic N) is 2. The van der Waals surface area contributed by atoms with Gasteiger partial charge >= 0.3 is 0 Å². The van der Waals surface area contributed by atoms with Crippen molar-refractivity contribution in [3.05, 3.63) is 11.7 Å². The van der Waals surface area contributed by atoms with Gasteiger partial charge in [-0.3, -0.25) is 0 Å². The van der Waals surface area contributed by atoms with Crippen LogP contribution in [0.15, 0.2) is 4.52 Å². The van der Waals surface area contributed by atoms with Crippen molar-refractivity contribution < 1.29 is 14.0 Å². The average molecular weight is 269 g/mol. The minimum absolute atomic E-state index is 0.106. The Balaban J connectivity index is 1.91. The van der Waals surface area contributed by atoms with Crippen LogP contribution in [-0.2, 0) is 9.47 Å². The van der Waals surface area contributed by atoms with E-state index in [1.807, 2.05) is 6.92 Å². The van der Waals surface area contributed by atoms with Crippen molar-refractivity contribution >= 4 is 0 Å². The molecule has 1 aliphatic rings. The minimum atomic E-state index is -0.161. The van der Waals surface area contributed by atoms with Gasteiger partial charge in [-0.05, 0) is 25.7 Å². The third-order valence-electron chi connectivity index (χ3n) is 3.15. The van der Waals surface area contributed by atoms with Crippen LogP contribution < -0.4 is 5.73 Å². The molecule has 0 spiro atoms. The van der Waals surface area contributed by atoms with Crippen LogP contribution in [-0.4, -0.2) is 29.4 Å². The van der Waals surface area contributed by atoms with Crippen LogP contribution in [0.4, 0.5) is 0 Å². The van der Waals surface area contributed by atoms with Crippen molar-refractivity contribution in [2.45, 2.75) is 51.9 Å². The second-order valence-electron chi connectivity index (χ2n) is 5.42. The molecule has 0 bridgehead atoms. The molecule has 108 valence electrons. The molecule has 0 aromatic carbocycles. The van der Waals surface area contributed by atoms with E-state index in [1.54, 1.807) is 0 Å². The predicted molar refractivity (Wildman–Crippen MR) is 69.4 cm³/mol. The van der Waals surface area contributed by atoms with Gasteiger partial charge in [-0.25, -0.2) is 0 Å². The second-order valence-corrected chi connectivity index (χ2v) is 5.42. The maximum Gasteiger partial charge on any atom is 0.255 e. The number of hydrogen-bond donors (Lipinski definition) is 1. The summed E-state index contributed by atoms with van der Waals surface area (Å²) in [4.78, 5) is 4.37. The molecule has 2 heterocycles. The molecule has 0 amide bonds. The number of aromatic nitrogens is 2. The van der Waals surface area contributed by atoms with Crippen LogP contribution in [0.25, 0.3) is 0 Å². The number of nitrogens with two attached hydrogens (primary N) is 1. The molecule has 0 saturated carbocycles. The van der Waals surface area contributed by atoms with Crippen LogP contribution in [0, 0.1) is 5.92 Å². The summed E-state index contributed by atoms with van der Waals surface area (Å²) < 4.78 is 16.7. The van der Waals surface area contributed by atoms with Gasteiger partial charge in [-0.1, -0.05) is 19.0 Å². The zero-order valence-electron chi connectivity index (χ0n) is 11.8.